The molecule has 2 aromatic rings. The van der Waals surface area contributed by atoms with E-state index < -0.39 is 11.7 Å². The molecule has 2 N–H and O–H groups in total. The maximum Gasteiger partial charge on any atom is 0.346 e. The number of thioether (sulfide) groups is 1. The molecule has 0 spiro atoms. The molecule has 2 rings (SSSR count). The molecule has 0 aliphatic heterocycles. The van der Waals surface area contributed by atoms with Gasteiger partial charge in [0.1, 0.15) is 10.6 Å². The number of thiazole rings is 1. The van der Waals surface area contributed by atoms with Gasteiger partial charge in [-0.05, 0) is 13.8 Å². The van der Waals surface area contributed by atoms with Crippen molar-refractivity contribution in [3.05, 3.63) is 37.8 Å². The lowest BCUT2D eigenvalue weighted by Gasteiger charge is -2.05. The molecule has 6 nitrogen and oxygen atoms in total. The molecule has 0 aliphatic rings. The van der Waals surface area contributed by atoms with Crippen LogP contribution in [0, 0.1) is 13.8 Å². The van der Waals surface area contributed by atoms with Gasteiger partial charge < -0.3 is 10.1 Å². The van der Waals surface area contributed by atoms with E-state index in [9.17, 15) is 9.59 Å². The normalized spacial score (nSPS) is 10.6. The van der Waals surface area contributed by atoms with Gasteiger partial charge in [0, 0.05) is 16.8 Å². The number of hydrogen-bond donors (Lipinski definition) is 2. The van der Waals surface area contributed by atoms with E-state index in [0.29, 0.717) is 11.4 Å². The fourth-order valence-electron chi connectivity index (χ4n) is 1.53. The third-order valence-corrected chi connectivity index (χ3v) is 4.15. The lowest BCUT2D eigenvalue weighted by atomic mass is 10.2. The maximum atomic E-state index is 11.3. The highest BCUT2D eigenvalue weighted by Gasteiger charge is 2.17. The third kappa shape index (κ3) is 3.21. The van der Waals surface area contributed by atoms with Crippen molar-refractivity contribution in [3.8, 4) is 0 Å². The largest absolute Gasteiger partial charge is 0.478 e. The number of carboxylic acid groups (broad SMARTS) is 1. The Balaban J connectivity index is 2.28. The summed E-state index contributed by atoms with van der Waals surface area (Å²) in [6.07, 6.45) is 0. The molecule has 0 atom stereocenters. The van der Waals surface area contributed by atoms with E-state index in [4.69, 9.17) is 5.11 Å². The molecule has 0 unspecified atom stereocenters. The molecule has 8 heteroatoms. The van der Waals surface area contributed by atoms with Crippen molar-refractivity contribution in [3.63, 3.8) is 0 Å². The van der Waals surface area contributed by atoms with Gasteiger partial charge in [0.15, 0.2) is 0 Å². The number of aromatic carboxylic acids is 1. The predicted molar refractivity (Wildman–Crippen MR) is 73.0 cm³/mol. The lowest BCUT2D eigenvalue weighted by Crippen LogP contribution is -2.18. The van der Waals surface area contributed by atoms with E-state index in [1.54, 1.807) is 6.92 Å². The van der Waals surface area contributed by atoms with Gasteiger partial charge in [-0.1, -0.05) is 11.8 Å². The van der Waals surface area contributed by atoms with Crippen LogP contribution in [-0.4, -0.2) is 26.0 Å². The number of carboxylic acids is 1. The smallest absolute Gasteiger partial charge is 0.346 e. The number of nitrogens with one attached hydrogen (secondary N) is 1. The van der Waals surface area contributed by atoms with Gasteiger partial charge in [-0.25, -0.2) is 14.6 Å². The number of hydrogen-bond acceptors (Lipinski definition) is 6. The average molecular weight is 297 g/mol. The Kier molecular flexibility index (Phi) is 4.01. The second kappa shape index (κ2) is 5.54. The highest BCUT2D eigenvalue weighted by Crippen LogP contribution is 2.25. The van der Waals surface area contributed by atoms with E-state index in [-0.39, 0.29) is 10.6 Å². The zero-order valence-electron chi connectivity index (χ0n) is 10.3. The molecule has 0 radical (unpaired) electrons. The van der Waals surface area contributed by atoms with Crippen molar-refractivity contribution < 1.29 is 9.90 Å². The molecule has 0 aromatic carbocycles. The average Bonchev–Trinajstić information content (AvgIpc) is 2.71. The number of nitrogens with zero attached hydrogens (tertiary/aromatic N) is 2. The first-order valence-electron chi connectivity index (χ1n) is 5.35. The van der Waals surface area contributed by atoms with E-state index in [1.807, 2.05) is 12.3 Å². The number of H-pyrrole nitrogens is 1. The number of carbonyl (C=O) groups is 1. The van der Waals surface area contributed by atoms with Crippen molar-refractivity contribution in [1.82, 2.24) is 15.0 Å². The van der Waals surface area contributed by atoms with Gasteiger partial charge >= 0.3 is 11.7 Å². The number of aromatic nitrogens is 3. The molecule has 2 aromatic heterocycles. The summed E-state index contributed by atoms with van der Waals surface area (Å²) in [6.45, 7) is 3.45. The van der Waals surface area contributed by atoms with Gasteiger partial charge in [0.05, 0.1) is 10.7 Å². The summed E-state index contributed by atoms with van der Waals surface area (Å²) in [6, 6.07) is 0. The number of rotatable bonds is 4. The maximum absolute atomic E-state index is 11.3. The molecule has 2 heterocycles. The van der Waals surface area contributed by atoms with Crippen LogP contribution in [0.25, 0.3) is 0 Å². The van der Waals surface area contributed by atoms with Crippen LogP contribution >= 0.6 is 23.1 Å². The van der Waals surface area contributed by atoms with Crippen molar-refractivity contribution in [2.45, 2.75) is 24.6 Å². The van der Waals surface area contributed by atoms with E-state index in [1.165, 1.54) is 23.1 Å². The molecule has 0 bridgehead atoms. The van der Waals surface area contributed by atoms with Gasteiger partial charge in [-0.2, -0.15) is 4.98 Å². The van der Waals surface area contributed by atoms with Crippen LogP contribution in [0.1, 0.15) is 26.8 Å². The monoisotopic (exact) mass is 297 g/mol. The molecule has 19 heavy (non-hydrogen) atoms. The molecule has 100 valence electrons. The third-order valence-electron chi connectivity index (χ3n) is 2.32. The van der Waals surface area contributed by atoms with Crippen molar-refractivity contribution in [1.29, 1.82) is 0 Å². The van der Waals surface area contributed by atoms with Crippen LogP contribution in [-0.2, 0) is 5.75 Å². The zero-order chi connectivity index (χ0) is 14.0. The Morgan fingerprint density at radius 2 is 2.21 bits per heavy atom. The standard InChI is InChI=1S/C11H11N3O3S2/c1-5-8(10(15)16)9(14-11(17)12-5)19-4-7-3-18-6(2)13-7/h3H,4H2,1-2H3,(H,15,16)(H,12,14,17). The SMILES string of the molecule is Cc1nc(CSc2nc(=O)[nH]c(C)c2C(=O)O)cs1. The fraction of sp³-hybridized carbons (Fsp3) is 0.273. The van der Waals surface area contributed by atoms with Gasteiger partial charge in [-0.3, -0.25) is 0 Å². The van der Waals surface area contributed by atoms with Crippen LogP contribution in [0.5, 0.6) is 0 Å². The Hall–Kier alpha value is -1.67. The first-order chi connectivity index (χ1) is 8.97. The van der Waals surface area contributed by atoms with Crippen LogP contribution < -0.4 is 5.69 Å². The van der Waals surface area contributed by atoms with Crippen molar-refractivity contribution in [2.75, 3.05) is 0 Å². The summed E-state index contributed by atoms with van der Waals surface area (Å²) in [5.74, 6) is -0.612. The minimum absolute atomic E-state index is 0.0385. The van der Waals surface area contributed by atoms with Crippen LogP contribution in [0.4, 0.5) is 0 Å². The second-order valence-electron chi connectivity index (χ2n) is 3.80. The summed E-state index contributed by atoms with van der Waals surface area (Å²) >= 11 is 2.73. The fourth-order valence-corrected chi connectivity index (χ4v) is 3.22. The van der Waals surface area contributed by atoms with E-state index in [2.05, 4.69) is 15.0 Å². The minimum Gasteiger partial charge on any atom is -0.478 e. The van der Waals surface area contributed by atoms with Gasteiger partial charge in [-0.15, -0.1) is 11.3 Å². The lowest BCUT2D eigenvalue weighted by molar-refractivity contribution is 0.0690. The Morgan fingerprint density at radius 1 is 1.47 bits per heavy atom. The second-order valence-corrected chi connectivity index (χ2v) is 5.83. The molecule has 0 saturated heterocycles. The number of aromatic amines is 1. The summed E-state index contributed by atoms with van der Waals surface area (Å²) in [5.41, 5.74) is 0.657. The van der Waals surface area contributed by atoms with E-state index in [0.717, 1.165) is 10.7 Å². The van der Waals surface area contributed by atoms with Crippen LogP contribution in [0.2, 0.25) is 0 Å². The van der Waals surface area contributed by atoms with Crippen molar-refractivity contribution in [2.24, 2.45) is 0 Å². The molecule has 0 aliphatic carbocycles. The minimum atomic E-state index is -1.10. The quantitative estimate of drug-likeness (QED) is 0.660. The van der Waals surface area contributed by atoms with Crippen LogP contribution in [0.3, 0.4) is 0 Å². The Morgan fingerprint density at radius 3 is 2.79 bits per heavy atom. The zero-order valence-corrected chi connectivity index (χ0v) is 11.9. The Labute approximate surface area is 116 Å². The van der Waals surface area contributed by atoms with Gasteiger partial charge in [0.25, 0.3) is 0 Å². The van der Waals surface area contributed by atoms with Gasteiger partial charge in [0.2, 0.25) is 0 Å². The summed E-state index contributed by atoms with van der Waals surface area (Å²) in [4.78, 5) is 32.9. The summed E-state index contributed by atoms with van der Waals surface area (Å²) < 4.78 is 0. The molecule has 0 saturated carbocycles. The van der Waals surface area contributed by atoms with Crippen LogP contribution in [0.15, 0.2) is 15.2 Å². The van der Waals surface area contributed by atoms with E-state index >= 15 is 0 Å². The number of aryl methyl sites for hydroxylation is 2. The first-order valence-corrected chi connectivity index (χ1v) is 7.22. The Bertz CT molecular complexity index is 678. The topological polar surface area (TPSA) is 95.9 Å². The van der Waals surface area contributed by atoms with Crippen molar-refractivity contribution >= 4 is 29.1 Å². The summed E-state index contributed by atoms with van der Waals surface area (Å²) in [5, 5.41) is 12.2. The summed E-state index contributed by atoms with van der Waals surface area (Å²) in [7, 11) is 0. The molecule has 0 fully saturated rings. The molecular formula is C11H11N3O3S2. The predicted octanol–water partition coefficient (Wildman–Crippen LogP) is 1.83. The molecular weight excluding hydrogens is 286 g/mol. The first kappa shape index (κ1) is 13.8. The molecule has 0 amide bonds. The highest BCUT2D eigenvalue weighted by atomic mass is 32.2. The highest BCUT2D eigenvalue weighted by molar-refractivity contribution is 7.98.